The summed E-state index contributed by atoms with van der Waals surface area (Å²) in [5, 5.41) is 1.17. The van der Waals surface area contributed by atoms with E-state index in [1.165, 1.54) is 47.4 Å². The fourth-order valence-corrected chi connectivity index (χ4v) is 2.56. The molecule has 0 unspecified atom stereocenters. The number of hydrogen-bond acceptors (Lipinski definition) is 2. The minimum atomic E-state index is 0.00737. The molecule has 0 saturated carbocycles. The average Bonchev–Trinajstić information content (AvgIpc) is 2.38. The number of carbonyl (C=O) groups excluding carboxylic acids is 1. The SMILES string of the molecule is CN(N)C(=O)CCCc1ccc2c(c1)CCCC2. The Morgan fingerprint density at radius 1 is 1.28 bits per heavy atom. The molecule has 3 heteroatoms. The zero-order chi connectivity index (χ0) is 13.0. The number of hydrogen-bond donors (Lipinski definition) is 1. The summed E-state index contributed by atoms with van der Waals surface area (Å²) < 4.78 is 0. The first kappa shape index (κ1) is 13.1. The molecule has 3 nitrogen and oxygen atoms in total. The lowest BCUT2D eigenvalue weighted by atomic mass is 9.89. The van der Waals surface area contributed by atoms with Gasteiger partial charge in [-0.1, -0.05) is 18.2 Å². The van der Waals surface area contributed by atoms with Crippen LogP contribution in [-0.4, -0.2) is 18.0 Å². The number of fused-ring (bicyclic) bond motifs is 1. The second-order valence-corrected chi connectivity index (χ2v) is 5.17. The zero-order valence-electron chi connectivity index (χ0n) is 11.1. The maximum atomic E-state index is 11.4. The maximum Gasteiger partial charge on any atom is 0.236 e. The van der Waals surface area contributed by atoms with E-state index >= 15 is 0 Å². The molecule has 0 spiro atoms. The molecule has 0 bridgehead atoms. The summed E-state index contributed by atoms with van der Waals surface area (Å²) >= 11 is 0. The van der Waals surface area contributed by atoms with E-state index in [2.05, 4.69) is 18.2 Å². The molecular formula is C15H22N2O. The van der Waals surface area contributed by atoms with Crippen LogP contribution in [0.2, 0.25) is 0 Å². The number of rotatable bonds is 4. The minimum Gasteiger partial charge on any atom is -0.284 e. The topological polar surface area (TPSA) is 46.3 Å². The Labute approximate surface area is 109 Å². The Bertz CT molecular complexity index is 427. The predicted octanol–water partition coefficient (Wildman–Crippen LogP) is 2.22. The summed E-state index contributed by atoms with van der Waals surface area (Å²) in [6, 6.07) is 6.80. The summed E-state index contributed by atoms with van der Waals surface area (Å²) in [6.45, 7) is 0. The highest BCUT2D eigenvalue weighted by atomic mass is 16.2. The van der Waals surface area contributed by atoms with E-state index < -0.39 is 0 Å². The molecule has 0 radical (unpaired) electrons. The van der Waals surface area contributed by atoms with Gasteiger partial charge in [-0.05, 0) is 55.2 Å². The van der Waals surface area contributed by atoms with E-state index in [0.717, 1.165) is 12.8 Å². The van der Waals surface area contributed by atoms with Crippen molar-refractivity contribution in [2.75, 3.05) is 7.05 Å². The monoisotopic (exact) mass is 246 g/mol. The van der Waals surface area contributed by atoms with Crippen molar-refractivity contribution in [3.8, 4) is 0 Å². The van der Waals surface area contributed by atoms with Crippen molar-refractivity contribution in [1.82, 2.24) is 5.01 Å². The summed E-state index contributed by atoms with van der Waals surface area (Å²) in [5.41, 5.74) is 4.38. The van der Waals surface area contributed by atoms with Gasteiger partial charge in [0.25, 0.3) is 0 Å². The van der Waals surface area contributed by atoms with Crippen LogP contribution < -0.4 is 5.84 Å². The summed E-state index contributed by atoms with van der Waals surface area (Å²) in [5.74, 6) is 5.40. The maximum absolute atomic E-state index is 11.4. The van der Waals surface area contributed by atoms with Crippen LogP contribution in [0.4, 0.5) is 0 Å². The molecule has 1 aromatic carbocycles. The number of aryl methyl sites for hydroxylation is 3. The third-order valence-corrected chi connectivity index (χ3v) is 3.66. The lowest BCUT2D eigenvalue weighted by Gasteiger charge is -2.16. The van der Waals surface area contributed by atoms with E-state index in [1.807, 2.05) is 0 Å². The molecule has 0 fully saturated rings. The molecule has 1 aliphatic carbocycles. The molecule has 0 aliphatic heterocycles. The second kappa shape index (κ2) is 6.01. The Hall–Kier alpha value is -1.35. The number of amides is 1. The molecule has 0 aromatic heterocycles. The first-order valence-corrected chi connectivity index (χ1v) is 6.79. The number of nitrogens with zero attached hydrogens (tertiary/aromatic N) is 1. The third-order valence-electron chi connectivity index (χ3n) is 3.66. The van der Waals surface area contributed by atoms with E-state index in [0.29, 0.717) is 6.42 Å². The smallest absolute Gasteiger partial charge is 0.236 e. The van der Waals surface area contributed by atoms with Gasteiger partial charge in [0.2, 0.25) is 5.91 Å². The Kier molecular flexibility index (Phi) is 4.37. The second-order valence-electron chi connectivity index (χ2n) is 5.17. The number of hydrazine groups is 1. The zero-order valence-corrected chi connectivity index (χ0v) is 11.1. The molecule has 98 valence electrons. The molecular weight excluding hydrogens is 224 g/mol. The molecule has 0 atom stereocenters. The molecule has 1 amide bonds. The highest BCUT2D eigenvalue weighted by Gasteiger charge is 2.10. The highest BCUT2D eigenvalue weighted by molar-refractivity contribution is 5.75. The van der Waals surface area contributed by atoms with Crippen LogP contribution >= 0.6 is 0 Å². The van der Waals surface area contributed by atoms with Crippen LogP contribution in [0.5, 0.6) is 0 Å². The van der Waals surface area contributed by atoms with Crippen LogP contribution in [0.1, 0.15) is 42.4 Å². The van der Waals surface area contributed by atoms with Gasteiger partial charge in [0.05, 0.1) is 0 Å². The van der Waals surface area contributed by atoms with Crippen molar-refractivity contribution in [2.24, 2.45) is 5.84 Å². The van der Waals surface area contributed by atoms with Crippen LogP contribution in [0, 0.1) is 0 Å². The first-order valence-electron chi connectivity index (χ1n) is 6.79. The molecule has 0 saturated heterocycles. The summed E-state index contributed by atoms with van der Waals surface area (Å²) in [4.78, 5) is 11.4. The average molecular weight is 246 g/mol. The van der Waals surface area contributed by atoms with Gasteiger partial charge in [-0.25, -0.2) is 5.84 Å². The van der Waals surface area contributed by atoms with Gasteiger partial charge < -0.3 is 0 Å². The van der Waals surface area contributed by atoms with Gasteiger partial charge >= 0.3 is 0 Å². The fourth-order valence-electron chi connectivity index (χ4n) is 2.56. The van der Waals surface area contributed by atoms with E-state index in [4.69, 9.17) is 5.84 Å². The summed E-state index contributed by atoms with van der Waals surface area (Å²) in [7, 11) is 1.60. The Balaban J connectivity index is 1.88. The van der Waals surface area contributed by atoms with Crippen LogP contribution in [-0.2, 0) is 24.1 Å². The third kappa shape index (κ3) is 3.33. The number of carbonyl (C=O) groups is 1. The molecule has 18 heavy (non-hydrogen) atoms. The number of nitrogens with two attached hydrogens (primary N) is 1. The van der Waals surface area contributed by atoms with Crippen molar-refractivity contribution >= 4 is 5.91 Å². The van der Waals surface area contributed by atoms with Crippen molar-refractivity contribution < 1.29 is 4.79 Å². The molecule has 1 aliphatic rings. The summed E-state index contributed by atoms with van der Waals surface area (Å²) in [6.07, 6.45) is 7.45. The van der Waals surface area contributed by atoms with Crippen LogP contribution in [0.15, 0.2) is 18.2 Å². The molecule has 1 aromatic rings. The lowest BCUT2D eigenvalue weighted by Crippen LogP contribution is -2.32. The van der Waals surface area contributed by atoms with Crippen molar-refractivity contribution in [3.05, 3.63) is 34.9 Å². The van der Waals surface area contributed by atoms with Gasteiger partial charge in [0.1, 0.15) is 0 Å². The normalized spacial score (nSPS) is 14.1. The minimum absolute atomic E-state index is 0.00737. The number of benzene rings is 1. The quantitative estimate of drug-likeness (QED) is 0.503. The predicted molar refractivity (Wildman–Crippen MR) is 73.0 cm³/mol. The fraction of sp³-hybridized carbons (Fsp3) is 0.533. The molecule has 2 N–H and O–H groups in total. The van der Waals surface area contributed by atoms with Gasteiger partial charge in [0, 0.05) is 13.5 Å². The van der Waals surface area contributed by atoms with Crippen molar-refractivity contribution in [3.63, 3.8) is 0 Å². The van der Waals surface area contributed by atoms with E-state index in [9.17, 15) is 4.79 Å². The van der Waals surface area contributed by atoms with Gasteiger partial charge in [0.15, 0.2) is 0 Å². The van der Waals surface area contributed by atoms with Crippen LogP contribution in [0.25, 0.3) is 0 Å². The van der Waals surface area contributed by atoms with Crippen LogP contribution in [0.3, 0.4) is 0 Å². The van der Waals surface area contributed by atoms with Gasteiger partial charge in [-0.3, -0.25) is 9.80 Å². The largest absolute Gasteiger partial charge is 0.284 e. The highest BCUT2D eigenvalue weighted by Crippen LogP contribution is 2.22. The standard InChI is InChI=1S/C15H22N2O/c1-17(16)15(18)8-4-5-12-9-10-13-6-2-3-7-14(13)11-12/h9-11H,2-8,16H2,1H3. The Morgan fingerprint density at radius 2 is 2.00 bits per heavy atom. The Morgan fingerprint density at radius 3 is 2.72 bits per heavy atom. The van der Waals surface area contributed by atoms with E-state index in [1.54, 1.807) is 7.05 Å². The molecule has 0 heterocycles. The first-order chi connectivity index (χ1) is 8.66. The van der Waals surface area contributed by atoms with Gasteiger partial charge in [-0.15, -0.1) is 0 Å². The molecule has 2 rings (SSSR count). The van der Waals surface area contributed by atoms with Crippen molar-refractivity contribution in [2.45, 2.75) is 44.9 Å². The van der Waals surface area contributed by atoms with Crippen molar-refractivity contribution in [1.29, 1.82) is 0 Å². The van der Waals surface area contributed by atoms with E-state index in [-0.39, 0.29) is 5.91 Å². The van der Waals surface area contributed by atoms with Gasteiger partial charge in [-0.2, -0.15) is 0 Å². The lowest BCUT2D eigenvalue weighted by molar-refractivity contribution is -0.130.